The van der Waals surface area contributed by atoms with Gasteiger partial charge in [0.15, 0.2) is 0 Å². The van der Waals surface area contributed by atoms with Gasteiger partial charge in [0, 0.05) is 11.6 Å². The summed E-state index contributed by atoms with van der Waals surface area (Å²) in [5, 5.41) is 0. The first-order chi connectivity index (χ1) is 6.53. The van der Waals surface area contributed by atoms with E-state index in [2.05, 4.69) is 32.5 Å². The zero-order valence-corrected chi connectivity index (χ0v) is 9.79. The van der Waals surface area contributed by atoms with Crippen molar-refractivity contribution >= 4 is 0 Å². The summed E-state index contributed by atoms with van der Waals surface area (Å²) in [4.78, 5) is 2.30. The summed E-state index contributed by atoms with van der Waals surface area (Å²) >= 11 is 0. The van der Waals surface area contributed by atoms with Crippen molar-refractivity contribution in [2.24, 2.45) is 11.7 Å². The summed E-state index contributed by atoms with van der Waals surface area (Å²) in [5.74, 6) is 0.861. The molecule has 14 heavy (non-hydrogen) atoms. The number of hydrogen-bond acceptors (Lipinski definition) is 2. The fourth-order valence-corrected chi connectivity index (χ4v) is 2.56. The van der Waals surface area contributed by atoms with Gasteiger partial charge in [0.1, 0.15) is 0 Å². The van der Waals surface area contributed by atoms with E-state index in [4.69, 9.17) is 5.73 Å². The SMILES string of the molecule is C=CC(N)C1(N(C)C)CCC(C)CC1. The fourth-order valence-electron chi connectivity index (χ4n) is 2.56. The molecule has 0 spiro atoms. The second-order valence-corrected chi connectivity index (χ2v) is 4.94. The molecule has 0 radical (unpaired) electrons. The second kappa shape index (κ2) is 4.45. The first kappa shape index (κ1) is 11.7. The Kier molecular flexibility index (Phi) is 3.73. The van der Waals surface area contributed by atoms with E-state index in [0.29, 0.717) is 0 Å². The lowest BCUT2D eigenvalue weighted by atomic mass is 9.72. The second-order valence-electron chi connectivity index (χ2n) is 4.94. The van der Waals surface area contributed by atoms with Crippen molar-refractivity contribution in [2.45, 2.75) is 44.2 Å². The van der Waals surface area contributed by atoms with Crippen LogP contribution < -0.4 is 5.73 Å². The van der Waals surface area contributed by atoms with Gasteiger partial charge in [-0.05, 0) is 45.7 Å². The number of likely N-dealkylation sites (N-methyl/N-ethyl adjacent to an activating group) is 1. The molecule has 2 heteroatoms. The molecule has 0 bridgehead atoms. The Morgan fingerprint density at radius 3 is 2.29 bits per heavy atom. The van der Waals surface area contributed by atoms with Crippen molar-refractivity contribution in [1.82, 2.24) is 4.90 Å². The Hall–Kier alpha value is -0.340. The van der Waals surface area contributed by atoms with Crippen LogP contribution in [-0.4, -0.2) is 30.6 Å². The number of nitrogens with two attached hydrogens (primary N) is 1. The van der Waals surface area contributed by atoms with Crippen LogP contribution in [-0.2, 0) is 0 Å². The Balaban J connectivity index is 2.78. The summed E-state index contributed by atoms with van der Waals surface area (Å²) in [5.41, 5.74) is 6.33. The third kappa shape index (κ3) is 2.01. The summed E-state index contributed by atoms with van der Waals surface area (Å²) in [6.07, 6.45) is 6.89. The minimum Gasteiger partial charge on any atom is -0.323 e. The molecule has 1 rings (SSSR count). The van der Waals surface area contributed by atoms with Crippen LogP contribution in [0.2, 0.25) is 0 Å². The molecule has 1 fully saturated rings. The molecule has 0 aromatic heterocycles. The van der Waals surface area contributed by atoms with Gasteiger partial charge < -0.3 is 10.6 Å². The lowest BCUT2D eigenvalue weighted by Gasteiger charge is -2.47. The van der Waals surface area contributed by atoms with Gasteiger partial charge >= 0.3 is 0 Å². The number of rotatable bonds is 3. The first-order valence-electron chi connectivity index (χ1n) is 5.58. The quantitative estimate of drug-likeness (QED) is 0.700. The molecule has 1 aliphatic carbocycles. The topological polar surface area (TPSA) is 29.3 Å². The first-order valence-corrected chi connectivity index (χ1v) is 5.58. The highest BCUT2D eigenvalue weighted by atomic mass is 15.2. The molecule has 1 atom stereocenters. The zero-order valence-electron chi connectivity index (χ0n) is 9.79. The van der Waals surface area contributed by atoms with Gasteiger partial charge in [0.25, 0.3) is 0 Å². The van der Waals surface area contributed by atoms with E-state index in [9.17, 15) is 0 Å². The van der Waals surface area contributed by atoms with Crippen molar-refractivity contribution in [3.63, 3.8) is 0 Å². The molecule has 2 nitrogen and oxygen atoms in total. The number of hydrogen-bond donors (Lipinski definition) is 1. The Labute approximate surface area is 88.2 Å². The molecule has 82 valence electrons. The third-order valence-electron chi connectivity index (χ3n) is 3.91. The maximum atomic E-state index is 6.17. The van der Waals surface area contributed by atoms with E-state index in [1.807, 2.05) is 6.08 Å². The van der Waals surface area contributed by atoms with Crippen molar-refractivity contribution in [1.29, 1.82) is 0 Å². The van der Waals surface area contributed by atoms with E-state index < -0.39 is 0 Å². The molecular formula is C12H24N2. The van der Waals surface area contributed by atoms with E-state index in [1.165, 1.54) is 25.7 Å². The molecule has 0 aliphatic heterocycles. The maximum Gasteiger partial charge on any atom is 0.0408 e. The van der Waals surface area contributed by atoms with Crippen LogP contribution in [0.15, 0.2) is 12.7 Å². The van der Waals surface area contributed by atoms with Gasteiger partial charge in [0.2, 0.25) is 0 Å². The van der Waals surface area contributed by atoms with Crippen LogP contribution >= 0.6 is 0 Å². The van der Waals surface area contributed by atoms with E-state index in [0.717, 1.165) is 5.92 Å². The third-order valence-corrected chi connectivity index (χ3v) is 3.91. The summed E-state index contributed by atoms with van der Waals surface area (Å²) < 4.78 is 0. The Bertz CT molecular complexity index is 190. The van der Waals surface area contributed by atoms with Crippen LogP contribution in [0.1, 0.15) is 32.6 Å². The molecule has 0 heterocycles. The van der Waals surface area contributed by atoms with Gasteiger partial charge in [0.05, 0.1) is 0 Å². The maximum absolute atomic E-state index is 6.17. The van der Waals surface area contributed by atoms with Crippen molar-refractivity contribution in [3.05, 3.63) is 12.7 Å². The normalized spacial score (nSPS) is 35.6. The monoisotopic (exact) mass is 196 g/mol. The summed E-state index contributed by atoms with van der Waals surface area (Å²) in [6, 6.07) is 0.102. The molecule has 2 N–H and O–H groups in total. The Morgan fingerprint density at radius 1 is 1.43 bits per heavy atom. The standard InChI is InChI=1S/C12H24N2/c1-5-11(13)12(14(3)4)8-6-10(2)7-9-12/h5,10-11H,1,6-9,13H2,2-4H3. The zero-order chi connectivity index (χ0) is 10.8. The van der Waals surface area contributed by atoms with Crippen LogP contribution in [0.4, 0.5) is 0 Å². The minimum absolute atomic E-state index is 0.102. The van der Waals surface area contributed by atoms with Gasteiger partial charge in [-0.1, -0.05) is 13.0 Å². The van der Waals surface area contributed by atoms with Gasteiger partial charge in [-0.2, -0.15) is 0 Å². The highest BCUT2D eigenvalue weighted by Gasteiger charge is 2.39. The molecule has 1 saturated carbocycles. The summed E-state index contributed by atoms with van der Waals surface area (Å²) in [7, 11) is 4.28. The molecule has 1 unspecified atom stereocenters. The van der Waals surface area contributed by atoms with Gasteiger partial charge in [-0.25, -0.2) is 0 Å². The van der Waals surface area contributed by atoms with Crippen molar-refractivity contribution < 1.29 is 0 Å². The van der Waals surface area contributed by atoms with E-state index >= 15 is 0 Å². The smallest absolute Gasteiger partial charge is 0.0408 e. The lowest BCUT2D eigenvalue weighted by Crippen LogP contribution is -2.58. The van der Waals surface area contributed by atoms with Crippen molar-refractivity contribution in [2.75, 3.05) is 14.1 Å². The molecule has 1 aliphatic rings. The summed E-state index contributed by atoms with van der Waals surface area (Å²) in [6.45, 7) is 6.16. The molecular weight excluding hydrogens is 172 g/mol. The lowest BCUT2D eigenvalue weighted by molar-refractivity contribution is 0.0707. The highest BCUT2D eigenvalue weighted by Crippen LogP contribution is 2.37. The van der Waals surface area contributed by atoms with Crippen LogP contribution in [0.3, 0.4) is 0 Å². The van der Waals surface area contributed by atoms with Crippen LogP contribution in [0.5, 0.6) is 0 Å². The van der Waals surface area contributed by atoms with Crippen LogP contribution in [0, 0.1) is 5.92 Å². The van der Waals surface area contributed by atoms with Gasteiger partial charge in [-0.15, -0.1) is 6.58 Å². The van der Waals surface area contributed by atoms with Crippen LogP contribution in [0.25, 0.3) is 0 Å². The van der Waals surface area contributed by atoms with E-state index in [-0.39, 0.29) is 11.6 Å². The average molecular weight is 196 g/mol. The molecule has 0 saturated heterocycles. The molecule has 0 amide bonds. The molecule has 0 aromatic rings. The predicted octanol–water partition coefficient (Wildman–Crippen LogP) is 2.01. The van der Waals surface area contributed by atoms with E-state index in [1.54, 1.807) is 0 Å². The average Bonchev–Trinajstić information content (AvgIpc) is 2.18. The van der Waals surface area contributed by atoms with Gasteiger partial charge in [-0.3, -0.25) is 0 Å². The Morgan fingerprint density at radius 2 is 1.93 bits per heavy atom. The largest absolute Gasteiger partial charge is 0.323 e. The predicted molar refractivity (Wildman–Crippen MR) is 62.2 cm³/mol. The fraction of sp³-hybridized carbons (Fsp3) is 0.833. The number of nitrogens with zero attached hydrogens (tertiary/aromatic N) is 1. The molecule has 0 aromatic carbocycles. The van der Waals surface area contributed by atoms with Crippen molar-refractivity contribution in [3.8, 4) is 0 Å². The minimum atomic E-state index is 0.102. The highest BCUT2D eigenvalue weighted by molar-refractivity contribution is 5.06.